The maximum atomic E-state index is 9.29. The lowest BCUT2D eigenvalue weighted by Crippen LogP contribution is -1.86. The van der Waals surface area contributed by atoms with Gasteiger partial charge < -0.3 is 10.8 Å². The summed E-state index contributed by atoms with van der Waals surface area (Å²) in [7, 11) is 0. The smallest absolute Gasteiger partial charge is 0.139 e. The van der Waals surface area contributed by atoms with E-state index in [-0.39, 0.29) is 5.75 Å². The number of phenols is 1. The van der Waals surface area contributed by atoms with Gasteiger partial charge in [0, 0.05) is 5.39 Å². The molecule has 0 fully saturated rings. The molecule has 0 aliphatic carbocycles. The van der Waals surface area contributed by atoms with Gasteiger partial charge in [0.1, 0.15) is 5.75 Å². The van der Waals surface area contributed by atoms with E-state index in [1.165, 1.54) is 0 Å². The first-order valence-corrected chi connectivity index (χ1v) is 4.26. The van der Waals surface area contributed by atoms with Crippen molar-refractivity contribution in [3.05, 3.63) is 36.4 Å². The van der Waals surface area contributed by atoms with Crippen molar-refractivity contribution < 1.29 is 9.77 Å². The minimum atomic E-state index is 0.147. The zero-order valence-corrected chi connectivity index (χ0v) is 8.07. The molecule has 0 aliphatic heterocycles. The summed E-state index contributed by atoms with van der Waals surface area (Å²) < 4.78 is 6.47. The Kier molecular flexibility index (Phi) is 3.56. The molecule has 2 aromatic rings. The van der Waals surface area contributed by atoms with Crippen LogP contribution in [0.5, 0.6) is 5.75 Å². The summed E-state index contributed by atoms with van der Waals surface area (Å²) in [5.74, 6) is 0.147. The Labute approximate surface area is 86.5 Å². The highest BCUT2D eigenvalue weighted by Gasteiger charge is 2.00. The SMILES string of the molecule is Nc1c(O)ccc2ccccc12.OCl. The largest absolute Gasteiger partial charge is 0.506 e. The van der Waals surface area contributed by atoms with Gasteiger partial charge in [-0.2, -0.15) is 0 Å². The Morgan fingerprint density at radius 3 is 2.36 bits per heavy atom. The molecule has 0 amide bonds. The molecule has 0 heterocycles. The molecule has 2 aromatic carbocycles. The van der Waals surface area contributed by atoms with Gasteiger partial charge in [-0.15, -0.1) is 0 Å². The maximum Gasteiger partial charge on any atom is 0.139 e. The molecule has 0 aromatic heterocycles. The van der Waals surface area contributed by atoms with Gasteiger partial charge in [0.2, 0.25) is 0 Å². The summed E-state index contributed by atoms with van der Waals surface area (Å²) in [4.78, 5) is 0. The molecule has 0 atom stereocenters. The topological polar surface area (TPSA) is 66.5 Å². The number of nitrogens with two attached hydrogens (primary N) is 1. The predicted octanol–water partition coefficient (Wildman–Crippen LogP) is 2.26. The van der Waals surface area contributed by atoms with E-state index in [0.29, 0.717) is 5.69 Å². The Morgan fingerprint density at radius 2 is 1.64 bits per heavy atom. The summed E-state index contributed by atoms with van der Waals surface area (Å²) in [5, 5.41) is 11.2. The molecular formula is C10H10ClNO2. The molecule has 14 heavy (non-hydrogen) atoms. The van der Waals surface area contributed by atoms with E-state index >= 15 is 0 Å². The molecule has 0 spiro atoms. The van der Waals surface area contributed by atoms with Crippen LogP contribution in [-0.4, -0.2) is 9.77 Å². The molecule has 0 radical (unpaired) electrons. The van der Waals surface area contributed by atoms with Gasteiger partial charge in [0.05, 0.1) is 17.6 Å². The Morgan fingerprint density at radius 1 is 1.00 bits per heavy atom. The van der Waals surface area contributed by atoms with E-state index in [0.717, 1.165) is 10.8 Å². The van der Waals surface area contributed by atoms with Crippen molar-refractivity contribution in [3.8, 4) is 5.75 Å². The summed E-state index contributed by atoms with van der Waals surface area (Å²) in [6.07, 6.45) is 0. The normalized spacial score (nSPS) is 9.29. The number of aromatic hydroxyl groups is 1. The van der Waals surface area contributed by atoms with Gasteiger partial charge in [-0.05, 0) is 11.5 Å². The highest BCUT2D eigenvalue weighted by Crippen LogP contribution is 2.28. The molecule has 0 saturated carbocycles. The molecule has 4 N–H and O–H groups in total. The Hall–Kier alpha value is -1.45. The van der Waals surface area contributed by atoms with Gasteiger partial charge in [0.15, 0.2) is 0 Å². The van der Waals surface area contributed by atoms with Gasteiger partial charge in [-0.1, -0.05) is 30.3 Å². The van der Waals surface area contributed by atoms with Crippen LogP contribution in [0, 0.1) is 0 Å². The van der Waals surface area contributed by atoms with Crippen molar-refractivity contribution in [3.63, 3.8) is 0 Å². The van der Waals surface area contributed by atoms with Gasteiger partial charge in [0.25, 0.3) is 0 Å². The van der Waals surface area contributed by atoms with Crippen LogP contribution in [0.2, 0.25) is 0 Å². The number of halogens is 1. The minimum Gasteiger partial charge on any atom is -0.506 e. The molecule has 4 heteroatoms. The van der Waals surface area contributed by atoms with E-state index in [1.807, 2.05) is 30.3 Å². The number of anilines is 1. The van der Waals surface area contributed by atoms with E-state index in [1.54, 1.807) is 6.07 Å². The Bertz CT molecular complexity index is 431. The maximum absolute atomic E-state index is 9.29. The zero-order valence-electron chi connectivity index (χ0n) is 7.31. The number of hydrogen-bond acceptors (Lipinski definition) is 3. The van der Waals surface area contributed by atoms with Crippen LogP contribution >= 0.6 is 11.9 Å². The van der Waals surface area contributed by atoms with Crippen LogP contribution in [0.3, 0.4) is 0 Å². The number of benzene rings is 2. The first-order valence-electron chi connectivity index (χ1n) is 3.92. The van der Waals surface area contributed by atoms with Crippen LogP contribution in [0.1, 0.15) is 0 Å². The van der Waals surface area contributed by atoms with Crippen LogP contribution in [0.25, 0.3) is 10.8 Å². The molecule has 0 bridgehead atoms. The number of nitrogen functional groups attached to an aromatic ring is 1. The molecule has 0 unspecified atom stereocenters. The molecule has 0 saturated heterocycles. The van der Waals surface area contributed by atoms with Gasteiger partial charge in [-0.25, -0.2) is 0 Å². The Balaban J connectivity index is 0.000000461. The van der Waals surface area contributed by atoms with Crippen molar-refractivity contribution in [1.82, 2.24) is 0 Å². The number of rotatable bonds is 0. The fraction of sp³-hybridized carbons (Fsp3) is 0. The second-order valence-electron chi connectivity index (χ2n) is 2.72. The van der Waals surface area contributed by atoms with E-state index in [9.17, 15) is 5.11 Å². The van der Waals surface area contributed by atoms with Crippen LogP contribution < -0.4 is 5.73 Å². The van der Waals surface area contributed by atoms with Crippen LogP contribution in [0.4, 0.5) is 5.69 Å². The highest BCUT2D eigenvalue weighted by molar-refractivity contribution is 6.04. The van der Waals surface area contributed by atoms with E-state index in [2.05, 4.69) is 11.9 Å². The lowest BCUT2D eigenvalue weighted by atomic mass is 10.1. The van der Waals surface area contributed by atoms with E-state index in [4.69, 9.17) is 10.4 Å². The van der Waals surface area contributed by atoms with Crippen LogP contribution in [0.15, 0.2) is 36.4 Å². The van der Waals surface area contributed by atoms with Gasteiger partial charge >= 0.3 is 0 Å². The first-order chi connectivity index (χ1) is 6.79. The zero-order chi connectivity index (χ0) is 10.6. The second-order valence-corrected chi connectivity index (χ2v) is 2.72. The van der Waals surface area contributed by atoms with Crippen molar-refractivity contribution in [1.29, 1.82) is 0 Å². The van der Waals surface area contributed by atoms with Crippen LogP contribution in [-0.2, 0) is 0 Å². The second kappa shape index (κ2) is 4.69. The quantitative estimate of drug-likeness (QED) is 0.463. The van der Waals surface area contributed by atoms with Crippen molar-refractivity contribution in [2.75, 3.05) is 5.73 Å². The fourth-order valence-corrected chi connectivity index (χ4v) is 1.28. The lowest BCUT2D eigenvalue weighted by Gasteiger charge is -2.02. The summed E-state index contributed by atoms with van der Waals surface area (Å²) in [6.45, 7) is 0. The van der Waals surface area contributed by atoms with Crippen molar-refractivity contribution >= 4 is 28.3 Å². The third-order valence-electron chi connectivity index (χ3n) is 1.95. The summed E-state index contributed by atoms with van der Waals surface area (Å²) >= 11 is 3.64. The molecule has 3 nitrogen and oxygen atoms in total. The summed E-state index contributed by atoms with van der Waals surface area (Å²) in [6, 6.07) is 11.2. The molecule has 2 rings (SSSR count). The number of hydrogen-bond donors (Lipinski definition) is 3. The number of phenolic OH excluding ortho intramolecular Hbond substituents is 1. The molecule has 74 valence electrons. The lowest BCUT2D eigenvalue weighted by molar-refractivity contribution is 0.478. The van der Waals surface area contributed by atoms with Crippen molar-refractivity contribution in [2.24, 2.45) is 0 Å². The third kappa shape index (κ3) is 1.89. The average molecular weight is 212 g/mol. The average Bonchev–Trinajstić information content (AvgIpc) is 2.27. The van der Waals surface area contributed by atoms with E-state index < -0.39 is 0 Å². The monoisotopic (exact) mass is 211 g/mol. The third-order valence-corrected chi connectivity index (χ3v) is 1.95. The molecule has 0 aliphatic rings. The highest BCUT2D eigenvalue weighted by atomic mass is 35.5. The first kappa shape index (κ1) is 10.6. The number of fused-ring (bicyclic) bond motifs is 1. The minimum absolute atomic E-state index is 0.147. The predicted molar refractivity (Wildman–Crippen MR) is 58.1 cm³/mol. The standard InChI is InChI=1S/C10H9NO.ClHO/c11-10-8-4-2-1-3-7(8)5-6-9(10)12;1-2/h1-6,12H,11H2;2H. The van der Waals surface area contributed by atoms with Gasteiger partial charge in [-0.3, -0.25) is 4.66 Å². The van der Waals surface area contributed by atoms with Crippen molar-refractivity contribution in [2.45, 2.75) is 0 Å². The molecular weight excluding hydrogens is 202 g/mol. The summed E-state index contributed by atoms with van der Waals surface area (Å²) in [5.41, 5.74) is 6.12. The fourth-order valence-electron chi connectivity index (χ4n) is 1.28.